The van der Waals surface area contributed by atoms with Crippen molar-refractivity contribution in [3.8, 4) is 0 Å². The predicted molar refractivity (Wildman–Crippen MR) is 109 cm³/mol. The monoisotopic (exact) mass is 482 g/mol. The molecule has 12 heteroatoms. The zero-order valence-corrected chi connectivity index (χ0v) is 17.6. The van der Waals surface area contributed by atoms with E-state index in [1.54, 1.807) is 0 Å². The molecule has 0 saturated carbocycles. The largest absolute Gasteiger partial charge is 0.465 e. The number of fused-ring (bicyclic) bond motifs is 1. The van der Waals surface area contributed by atoms with E-state index in [2.05, 4.69) is 10.6 Å². The fourth-order valence-corrected chi connectivity index (χ4v) is 4.83. The van der Waals surface area contributed by atoms with Gasteiger partial charge in [0.2, 0.25) is 0 Å². The molecule has 0 bridgehead atoms. The van der Waals surface area contributed by atoms with E-state index in [0.29, 0.717) is 23.6 Å². The second-order valence-corrected chi connectivity index (χ2v) is 8.29. The molecule has 0 amide bonds. The number of thiophene rings is 1. The predicted octanol–water partition coefficient (Wildman–Crippen LogP) is 6.26. The summed E-state index contributed by atoms with van der Waals surface area (Å²) in [6.45, 7) is 0. The SMILES string of the molecule is COC(=O)c1c(NC(=S)Nc2cc(C(F)(F)F)cc(C(F)(F)F)c2)sc2c1CCCC2. The standard InChI is InChI=1S/C19H16F6N2O2S2/c1-29-16(28)14-12-4-2-3-5-13(12)31-15(14)27-17(30)26-11-7-9(18(20,21)22)6-10(8-11)19(23,24)25/h6-8H,2-5H2,1H3,(H2,26,27,30). The molecule has 2 N–H and O–H groups in total. The molecule has 168 valence electrons. The van der Waals surface area contributed by atoms with E-state index < -0.39 is 35.1 Å². The fraction of sp³-hybridized carbons (Fsp3) is 0.368. The molecule has 0 aliphatic heterocycles. The third-order valence-electron chi connectivity index (χ3n) is 4.63. The third-order valence-corrected chi connectivity index (χ3v) is 6.04. The lowest BCUT2D eigenvalue weighted by Crippen LogP contribution is -2.21. The maximum absolute atomic E-state index is 13.0. The number of nitrogens with one attached hydrogen (secondary N) is 2. The summed E-state index contributed by atoms with van der Waals surface area (Å²) in [5.41, 5.74) is -2.30. The molecule has 2 aromatic rings. The number of thiocarbonyl (C=S) groups is 1. The van der Waals surface area contributed by atoms with Gasteiger partial charge in [0.15, 0.2) is 5.11 Å². The summed E-state index contributed by atoms with van der Waals surface area (Å²) in [4.78, 5) is 13.2. The number of esters is 1. The maximum atomic E-state index is 13.0. The summed E-state index contributed by atoms with van der Waals surface area (Å²) in [6.07, 6.45) is -6.69. The molecule has 4 nitrogen and oxygen atoms in total. The first kappa shape index (κ1) is 23.3. The molecule has 0 unspecified atom stereocenters. The zero-order valence-electron chi connectivity index (χ0n) is 16.0. The van der Waals surface area contributed by atoms with Gasteiger partial charge in [-0.25, -0.2) is 4.79 Å². The normalized spacial score (nSPS) is 14.0. The first-order chi connectivity index (χ1) is 14.4. The molecule has 0 fully saturated rings. The van der Waals surface area contributed by atoms with Crippen LogP contribution in [0.4, 0.5) is 37.0 Å². The number of aryl methyl sites for hydroxylation is 1. The molecule has 1 aromatic carbocycles. The van der Waals surface area contributed by atoms with Gasteiger partial charge in [-0.2, -0.15) is 26.3 Å². The van der Waals surface area contributed by atoms with Gasteiger partial charge in [-0.3, -0.25) is 0 Å². The van der Waals surface area contributed by atoms with Gasteiger partial charge in [0, 0.05) is 10.6 Å². The summed E-state index contributed by atoms with van der Waals surface area (Å²) in [5.74, 6) is -0.594. The number of carbonyl (C=O) groups excluding carboxylic acids is 1. The Bertz CT molecular complexity index is 982. The molecule has 0 saturated heterocycles. The van der Waals surface area contributed by atoms with Gasteiger partial charge in [0.05, 0.1) is 23.8 Å². The van der Waals surface area contributed by atoms with E-state index in [4.69, 9.17) is 17.0 Å². The average molecular weight is 482 g/mol. The number of hydrogen-bond donors (Lipinski definition) is 2. The van der Waals surface area contributed by atoms with Crippen LogP contribution >= 0.6 is 23.6 Å². The van der Waals surface area contributed by atoms with Crippen LogP contribution in [0.5, 0.6) is 0 Å². The summed E-state index contributed by atoms with van der Waals surface area (Å²) in [6, 6.07) is 1.10. The van der Waals surface area contributed by atoms with Crippen molar-refractivity contribution in [2.45, 2.75) is 38.0 Å². The maximum Gasteiger partial charge on any atom is 0.416 e. The Balaban J connectivity index is 1.89. The van der Waals surface area contributed by atoms with Gasteiger partial charge < -0.3 is 15.4 Å². The number of methoxy groups -OCH3 is 1. The highest BCUT2D eigenvalue weighted by Crippen LogP contribution is 2.40. The van der Waals surface area contributed by atoms with Gasteiger partial charge >= 0.3 is 18.3 Å². The number of anilines is 2. The Hall–Kier alpha value is -2.34. The van der Waals surface area contributed by atoms with Crippen LogP contribution in [0.3, 0.4) is 0 Å². The highest BCUT2D eigenvalue weighted by Gasteiger charge is 2.37. The van der Waals surface area contributed by atoms with Crippen molar-refractivity contribution in [1.82, 2.24) is 0 Å². The Labute approximate surface area is 182 Å². The van der Waals surface area contributed by atoms with Crippen molar-refractivity contribution in [3.05, 3.63) is 45.3 Å². The van der Waals surface area contributed by atoms with Crippen LogP contribution in [-0.4, -0.2) is 18.2 Å². The minimum absolute atomic E-state index is 0.0321. The number of hydrogen-bond acceptors (Lipinski definition) is 4. The number of carbonyl (C=O) groups is 1. The third kappa shape index (κ3) is 5.29. The second kappa shape index (κ2) is 8.65. The minimum Gasteiger partial charge on any atom is -0.465 e. The first-order valence-corrected chi connectivity index (χ1v) is 10.2. The molecule has 1 aromatic heterocycles. The molecular formula is C19H16F6N2O2S2. The average Bonchev–Trinajstić information content (AvgIpc) is 3.03. The van der Waals surface area contributed by atoms with E-state index in [9.17, 15) is 31.1 Å². The fourth-order valence-electron chi connectivity index (χ4n) is 3.26. The van der Waals surface area contributed by atoms with E-state index in [1.165, 1.54) is 18.4 Å². The Kier molecular flexibility index (Phi) is 6.51. The van der Waals surface area contributed by atoms with Crippen LogP contribution in [0.15, 0.2) is 18.2 Å². The van der Waals surface area contributed by atoms with Crippen molar-refractivity contribution in [2.75, 3.05) is 17.7 Å². The van der Waals surface area contributed by atoms with E-state index in [1.807, 2.05) is 0 Å². The lowest BCUT2D eigenvalue weighted by molar-refractivity contribution is -0.143. The van der Waals surface area contributed by atoms with E-state index in [0.717, 1.165) is 29.7 Å². The van der Waals surface area contributed by atoms with Crippen LogP contribution in [0.2, 0.25) is 0 Å². The van der Waals surface area contributed by atoms with Gasteiger partial charge in [0.25, 0.3) is 0 Å². The molecule has 31 heavy (non-hydrogen) atoms. The van der Waals surface area contributed by atoms with Gasteiger partial charge in [-0.1, -0.05) is 0 Å². The highest BCUT2D eigenvalue weighted by atomic mass is 32.1. The molecule has 1 heterocycles. The molecule has 1 aliphatic carbocycles. The lowest BCUT2D eigenvalue weighted by Gasteiger charge is -2.16. The summed E-state index contributed by atoms with van der Waals surface area (Å²) >= 11 is 6.34. The van der Waals surface area contributed by atoms with Crippen LogP contribution in [0.1, 0.15) is 44.8 Å². The van der Waals surface area contributed by atoms with Gasteiger partial charge in [-0.05, 0) is 61.7 Å². The Morgan fingerprint density at radius 2 is 1.58 bits per heavy atom. The van der Waals surface area contributed by atoms with Gasteiger partial charge in [-0.15, -0.1) is 11.3 Å². The summed E-state index contributed by atoms with van der Waals surface area (Å²) in [5, 5.41) is 5.16. The Morgan fingerprint density at radius 1 is 1.00 bits per heavy atom. The zero-order chi connectivity index (χ0) is 23.0. The number of halogens is 6. The lowest BCUT2D eigenvalue weighted by atomic mass is 9.95. The van der Waals surface area contributed by atoms with Crippen molar-refractivity contribution < 1.29 is 35.9 Å². The summed E-state index contributed by atoms with van der Waals surface area (Å²) in [7, 11) is 1.22. The quantitative estimate of drug-likeness (QED) is 0.307. The van der Waals surface area contributed by atoms with Crippen molar-refractivity contribution in [3.63, 3.8) is 0 Å². The number of ether oxygens (including phenoxy) is 1. The number of benzene rings is 1. The molecule has 0 spiro atoms. The van der Waals surface area contributed by atoms with E-state index in [-0.39, 0.29) is 16.7 Å². The van der Waals surface area contributed by atoms with E-state index >= 15 is 0 Å². The smallest absolute Gasteiger partial charge is 0.416 e. The second-order valence-electron chi connectivity index (χ2n) is 6.78. The van der Waals surface area contributed by atoms with Crippen molar-refractivity contribution in [2.24, 2.45) is 0 Å². The highest BCUT2D eigenvalue weighted by molar-refractivity contribution is 7.80. The summed E-state index contributed by atoms with van der Waals surface area (Å²) < 4.78 is 83.1. The first-order valence-electron chi connectivity index (χ1n) is 9.00. The van der Waals surface area contributed by atoms with Crippen molar-refractivity contribution in [1.29, 1.82) is 0 Å². The van der Waals surface area contributed by atoms with Crippen LogP contribution in [0.25, 0.3) is 0 Å². The molecule has 0 radical (unpaired) electrons. The number of rotatable bonds is 3. The van der Waals surface area contributed by atoms with Crippen LogP contribution in [0, 0.1) is 0 Å². The van der Waals surface area contributed by atoms with Crippen molar-refractivity contribution >= 4 is 45.3 Å². The molecular weight excluding hydrogens is 466 g/mol. The van der Waals surface area contributed by atoms with Gasteiger partial charge in [0.1, 0.15) is 5.00 Å². The minimum atomic E-state index is -4.97. The molecule has 0 atom stereocenters. The van der Waals surface area contributed by atoms with Crippen LogP contribution < -0.4 is 10.6 Å². The molecule has 1 aliphatic rings. The number of alkyl halides is 6. The van der Waals surface area contributed by atoms with Crippen LogP contribution in [-0.2, 0) is 29.9 Å². The topological polar surface area (TPSA) is 50.4 Å². The Morgan fingerprint density at radius 3 is 2.13 bits per heavy atom. The molecule has 3 rings (SSSR count).